The molecule has 0 radical (unpaired) electrons. The molecule has 1 aromatic heterocycles. The summed E-state index contributed by atoms with van der Waals surface area (Å²) in [4.78, 5) is 24.6. The highest BCUT2D eigenvalue weighted by Crippen LogP contribution is 2.10. The van der Waals surface area contributed by atoms with Gasteiger partial charge in [-0.25, -0.2) is 0 Å². The molecular formula is C14H21N3O2S. The van der Waals surface area contributed by atoms with Crippen LogP contribution in [0.3, 0.4) is 0 Å². The lowest BCUT2D eigenvalue weighted by molar-refractivity contribution is -0.123. The Balaban J connectivity index is 1.84. The van der Waals surface area contributed by atoms with Gasteiger partial charge in [0.15, 0.2) is 0 Å². The summed E-state index contributed by atoms with van der Waals surface area (Å²) in [5.74, 6) is -0.326. The summed E-state index contributed by atoms with van der Waals surface area (Å²) in [5.41, 5.74) is 0. The Morgan fingerprint density at radius 2 is 2.30 bits per heavy atom. The second kappa shape index (κ2) is 6.85. The van der Waals surface area contributed by atoms with Crippen LogP contribution in [0.4, 0.5) is 0 Å². The lowest BCUT2D eigenvalue weighted by Gasteiger charge is -2.31. The summed E-state index contributed by atoms with van der Waals surface area (Å²) in [6, 6.07) is 3.45. The van der Waals surface area contributed by atoms with E-state index < -0.39 is 6.04 Å². The molecular weight excluding hydrogens is 274 g/mol. The predicted molar refractivity (Wildman–Crippen MR) is 79.9 cm³/mol. The van der Waals surface area contributed by atoms with Gasteiger partial charge in [0, 0.05) is 12.1 Å². The minimum absolute atomic E-state index is 0.129. The molecule has 5 nitrogen and oxygen atoms in total. The molecule has 2 amide bonds. The van der Waals surface area contributed by atoms with Crippen LogP contribution in [0.5, 0.6) is 0 Å². The van der Waals surface area contributed by atoms with Crippen LogP contribution in [-0.2, 0) is 4.79 Å². The average Bonchev–Trinajstić information content (AvgIpc) is 2.95. The van der Waals surface area contributed by atoms with Crippen molar-refractivity contribution in [2.75, 3.05) is 6.54 Å². The van der Waals surface area contributed by atoms with Crippen molar-refractivity contribution in [1.82, 2.24) is 16.0 Å². The van der Waals surface area contributed by atoms with Crippen molar-refractivity contribution in [3.63, 3.8) is 0 Å². The number of nitrogens with one attached hydrogen (secondary N) is 3. The second-order valence-electron chi connectivity index (χ2n) is 5.17. The number of hydrogen-bond donors (Lipinski definition) is 3. The average molecular weight is 295 g/mol. The van der Waals surface area contributed by atoms with Gasteiger partial charge in [-0.1, -0.05) is 6.07 Å². The van der Waals surface area contributed by atoms with Gasteiger partial charge in [0.2, 0.25) is 5.91 Å². The summed E-state index contributed by atoms with van der Waals surface area (Å²) < 4.78 is 0. The molecule has 1 fully saturated rings. The molecule has 0 aliphatic carbocycles. The normalized spacial score (nSPS) is 23.9. The van der Waals surface area contributed by atoms with E-state index in [2.05, 4.69) is 22.9 Å². The Morgan fingerprint density at radius 3 is 2.95 bits per heavy atom. The highest BCUT2D eigenvalue weighted by Gasteiger charge is 2.25. The van der Waals surface area contributed by atoms with E-state index in [1.165, 1.54) is 11.3 Å². The third-order valence-electron chi connectivity index (χ3n) is 3.58. The number of rotatable bonds is 4. The fourth-order valence-electron chi connectivity index (χ4n) is 2.29. The van der Waals surface area contributed by atoms with E-state index in [0.29, 0.717) is 4.88 Å². The number of hydrogen-bond acceptors (Lipinski definition) is 4. The fourth-order valence-corrected chi connectivity index (χ4v) is 2.92. The molecule has 2 heterocycles. The number of amides is 2. The number of thiophene rings is 1. The zero-order chi connectivity index (χ0) is 14.5. The van der Waals surface area contributed by atoms with Crippen molar-refractivity contribution < 1.29 is 9.59 Å². The van der Waals surface area contributed by atoms with Gasteiger partial charge in [0.1, 0.15) is 6.04 Å². The van der Waals surface area contributed by atoms with Gasteiger partial charge in [-0.05, 0) is 44.7 Å². The van der Waals surface area contributed by atoms with Crippen LogP contribution >= 0.6 is 11.3 Å². The molecule has 20 heavy (non-hydrogen) atoms. The van der Waals surface area contributed by atoms with Crippen LogP contribution in [0.1, 0.15) is 36.4 Å². The van der Waals surface area contributed by atoms with Crippen LogP contribution in [0, 0.1) is 0 Å². The Kier molecular flexibility index (Phi) is 5.14. The monoisotopic (exact) mass is 295 g/mol. The Hall–Kier alpha value is -1.40. The summed E-state index contributed by atoms with van der Waals surface area (Å²) in [5, 5.41) is 10.9. The van der Waals surface area contributed by atoms with Gasteiger partial charge in [-0.3, -0.25) is 9.59 Å². The molecule has 110 valence electrons. The van der Waals surface area contributed by atoms with Crippen molar-refractivity contribution in [2.45, 2.75) is 44.8 Å². The van der Waals surface area contributed by atoms with Crippen molar-refractivity contribution in [1.29, 1.82) is 0 Å². The fraction of sp³-hybridized carbons (Fsp3) is 0.571. The molecule has 1 aliphatic heterocycles. The molecule has 3 atom stereocenters. The van der Waals surface area contributed by atoms with E-state index in [-0.39, 0.29) is 23.9 Å². The summed E-state index contributed by atoms with van der Waals surface area (Å²) in [7, 11) is 0. The van der Waals surface area contributed by atoms with E-state index in [9.17, 15) is 9.59 Å². The molecule has 6 heteroatoms. The molecule has 3 N–H and O–H groups in total. The van der Waals surface area contributed by atoms with Gasteiger partial charge in [-0.15, -0.1) is 11.3 Å². The zero-order valence-electron chi connectivity index (χ0n) is 11.8. The molecule has 1 aliphatic rings. The molecule has 0 saturated carbocycles. The number of carbonyl (C=O) groups is 2. The molecule has 0 aromatic carbocycles. The largest absolute Gasteiger partial charge is 0.350 e. The van der Waals surface area contributed by atoms with Crippen LogP contribution in [0.2, 0.25) is 0 Å². The van der Waals surface area contributed by atoms with Crippen molar-refractivity contribution in [3.8, 4) is 0 Å². The first-order valence-electron chi connectivity index (χ1n) is 6.96. The molecule has 3 unspecified atom stereocenters. The quantitative estimate of drug-likeness (QED) is 0.779. The van der Waals surface area contributed by atoms with E-state index in [1.807, 2.05) is 11.4 Å². The van der Waals surface area contributed by atoms with E-state index in [1.54, 1.807) is 13.0 Å². The van der Waals surface area contributed by atoms with Gasteiger partial charge >= 0.3 is 0 Å². The minimum Gasteiger partial charge on any atom is -0.350 e. The van der Waals surface area contributed by atoms with Gasteiger partial charge in [0.05, 0.1) is 4.88 Å². The summed E-state index contributed by atoms with van der Waals surface area (Å²) >= 11 is 1.37. The molecule has 0 spiro atoms. The molecule has 1 saturated heterocycles. The summed E-state index contributed by atoms with van der Waals surface area (Å²) in [6.07, 6.45) is 2.04. The van der Waals surface area contributed by atoms with Crippen LogP contribution in [0.25, 0.3) is 0 Å². The SMILES string of the molecule is CC(NC(=O)c1cccs1)C(=O)NC1CCCNC1C. The summed E-state index contributed by atoms with van der Waals surface area (Å²) in [6.45, 7) is 4.78. The van der Waals surface area contributed by atoms with Crippen LogP contribution in [0.15, 0.2) is 17.5 Å². The Morgan fingerprint density at radius 1 is 1.50 bits per heavy atom. The third-order valence-corrected chi connectivity index (χ3v) is 4.44. The highest BCUT2D eigenvalue weighted by molar-refractivity contribution is 7.12. The van der Waals surface area contributed by atoms with E-state index >= 15 is 0 Å². The molecule has 0 bridgehead atoms. The maximum Gasteiger partial charge on any atom is 0.261 e. The number of piperidine rings is 1. The molecule has 2 rings (SSSR count). The van der Waals surface area contributed by atoms with Gasteiger partial charge in [0.25, 0.3) is 5.91 Å². The lowest BCUT2D eigenvalue weighted by atomic mass is 9.99. The van der Waals surface area contributed by atoms with E-state index in [4.69, 9.17) is 0 Å². The standard InChI is InChI=1S/C14H21N3O2S/c1-9-11(5-3-7-15-9)17-13(18)10(2)16-14(19)12-6-4-8-20-12/h4,6,8-11,15H,3,5,7H2,1-2H3,(H,16,19)(H,17,18). The Bertz CT molecular complexity index is 461. The van der Waals surface area contributed by atoms with Crippen molar-refractivity contribution in [2.24, 2.45) is 0 Å². The highest BCUT2D eigenvalue weighted by atomic mass is 32.1. The lowest BCUT2D eigenvalue weighted by Crippen LogP contribution is -2.55. The second-order valence-corrected chi connectivity index (χ2v) is 6.12. The maximum atomic E-state index is 12.1. The zero-order valence-corrected chi connectivity index (χ0v) is 12.6. The smallest absolute Gasteiger partial charge is 0.261 e. The topological polar surface area (TPSA) is 70.2 Å². The first-order valence-corrected chi connectivity index (χ1v) is 7.84. The third kappa shape index (κ3) is 3.80. The van der Waals surface area contributed by atoms with Gasteiger partial charge in [-0.2, -0.15) is 0 Å². The van der Waals surface area contributed by atoms with Crippen LogP contribution in [-0.4, -0.2) is 36.5 Å². The van der Waals surface area contributed by atoms with Crippen molar-refractivity contribution in [3.05, 3.63) is 22.4 Å². The molecule has 1 aromatic rings. The van der Waals surface area contributed by atoms with E-state index in [0.717, 1.165) is 19.4 Å². The Labute approximate surface area is 123 Å². The first-order chi connectivity index (χ1) is 9.58. The van der Waals surface area contributed by atoms with Crippen molar-refractivity contribution >= 4 is 23.2 Å². The van der Waals surface area contributed by atoms with Crippen LogP contribution < -0.4 is 16.0 Å². The first kappa shape index (κ1) is 15.0. The predicted octanol–water partition coefficient (Wildman–Crippen LogP) is 1.12. The van der Waals surface area contributed by atoms with Gasteiger partial charge < -0.3 is 16.0 Å². The number of carbonyl (C=O) groups excluding carboxylic acids is 2. The maximum absolute atomic E-state index is 12.1. The minimum atomic E-state index is -0.529.